The van der Waals surface area contributed by atoms with Gasteiger partial charge in [-0.25, -0.2) is 14.6 Å². The Morgan fingerprint density at radius 3 is 2.65 bits per heavy atom. The Morgan fingerprint density at radius 1 is 1.21 bits per heavy atom. The number of benzene rings is 1. The van der Waals surface area contributed by atoms with Crippen molar-refractivity contribution in [1.82, 2.24) is 14.9 Å². The lowest BCUT2D eigenvalue weighted by Gasteiger charge is -2.35. The fourth-order valence-corrected chi connectivity index (χ4v) is 5.74. The van der Waals surface area contributed by atoms with Crippen LogP contribution in [0.25, 0.3) is 22.3 Å². The standard InChI is InChI=1S/C31H34N4O8/c1-4-31(43-25(36)10-9-23(29(39)40)34-27(37)21(32)11-16(2)3)20-13-24-26-18(12-17-7-5-6-8-22(17)33-26)14-35(24)28(38)19(20)15-42-30(31)41/h5-8,12-13,16,21,23H,4,9-11,14-15,32H2,1-3H3,(H,34,37)(H,39,40)/t21-,23+,31-/m0/s1. The van der Waals surface area contributed by atoms with Crippen molar-refractivity contribution in [2.75, 3.05) is 0 Å². The molecule has 1 amide bonds. The Balaban J connectivity index is 1.42. The highest BCUT2D eigenvalue weighted by Crippen LogP contribution is 2.41. The van der Waals surface area contributed by atoms with Crippen LogP contribution in [0.4, 0.5) is 0 Å². The maximum Gasteiger partial charge on any atom is 0.355 e. The number of aliphatic carboxylic acids is 1. The van der Waals surface area contributed by atoms with Crippen molar-refractivity contribution in [3.8, 4) is 11.4 Å². The third-order valence-corrected chi connectivity index (χ3v) is 7.99. The first-order valence-electron chi connectivity index (χ1n) is 14.3. The van der Waals surface area contributed by atoms with Crippen LogP contribution in [0, 0.1) is 5.92 Å². The zero-order valence-electron chi connectivity index (χ0n) is 24.2. The molecule has 1 aromatic carbocycles. The van der Waals surface area contributed by atoms with Crippen molar-refractivity contribution in [2.45, 2.75) is 77.3 Å². The van der Waals surface area contributed by atoms with Crippen molar-refractivity contribution in [2.24, 2.45) is 11.7 Å². The molecule has 0 aliphatic carbocycles. The minimum Gasteiger partial charge on any atom is -0.480 e. The number of nitrogens with two attached hydrogens (primary N) is 1. The van der Waals surface area contributed by atoms with Gasteiger partial charge in [0.25, 0.3) is 5.56 Å². The molecule has 0 unspecified atom stereocenters. The number of pyridine rings is 2. The number of esters is 2. The van der Waals surface area contributed by atoms with Crippen LogP contribution in [0.3, 0.4) is 0 Å². The number of rotatable bonds is 10. The number of para-hydroxylation sites is 1. The first kappa shape index (κ1) is 29.9. The Morgan fingerprint density at radius 2 is 1.95 bits per heavy atom. The summed E-state index contributed by atoms with van der Waals surface area (Å²) in [6, 6.07) is 8.93. The number of fused-ring (bicyclic) bond motifs is 5. The molecule has 2 aliphatic rings. The van der Waals surface area contributed by atoms with E-state index in [1.54, 1.807) is 17.6 Å². The molecule has 4 heterocycles. The van der Waals surface area contributed by atoms with Gasteiger partial charge in [0.2, 0.25) is 11.5 Å². The summed E-state index contributed by atoms with van der Waals surface area (Å²) in [5.41, 5.74) is 6.70. The molecular formula is C31H34N4O8. The molecule has 0 saturated carbocycles. The zero-order chi connectivity index (χ0) is 31.1. The van der Waals surface area contributed by atoms with E-state index in [1.165, 1.54) is 0 Å². The van der Waals surface area contributed by atoms with E-state index in [9.17, 15) is 29.1 Å². The molecule has 0 spiro atoms. The monoisotopic (exact) mass is 590 g/mol. The van der Waals surface area contributed by atoms with E-state index in [0.717, 1.165) is 16.5 Å². The summed E-state index contributed by atoms with van der Waals surface area (Å²) in [6.07, 6.45) is -0.399. The van der Waals surface area contributed by atoms with Gasteiger partial charge in [-0.3, -0.25) is 14.4 Å². The first-order chi connectivity index (χ1) is 20.4. The van der Waals surface area contributed by atoms with Crippen LogP contribution in [-0.4, -0.2) is 50.6 Å². The van der Waals surface area contributed by atoms with Crippen molar-refractivity contribution >= 4 is 34.7 Å². The number of nitrogens with one attached hydrogen (secondary N) is 1. The molecule has 0 radical (unpaired) electrons. The Bertz CT molecular complexity index is 1700. The van der Waals surface area contributed by atoms with E-state index in [-0.39, 0.29) is 42.1 Å². The fourth-order valence-electron chi connectivity index (χ4n) is 5.74. The molecule has 3 atom stereocenters. The average Bonchev–Trinajstić information content (AvgIpc) is 3.32. The van der Waals surface area contributed by atoms with Gasteiger partial charge in [0.15, 0.2) is 0 Å². The van der Waals surface area contributed by atoms with Crippen LogP contribution < -0.4 is 16.6 Å². The van der Waals surface area contributed by atoms with Gasteiger partial charge in [-0.15, -0.1) is 0 Å². The van der Waals surface area contributed by atoms with Gasteiger partial charge >= 0.3 is 17.9 Å². The van der Waals surface area contributed by atoms with E-state index in [2.05, 4.69) is 5.32 Å². The number of hydrogen-bond donors (Lipinski definition) is 3. The number of carboxylic acid groups (broad SMARTS) is 1. The summed E-state index contributed by atoms with van der Waals surface area (Å²) in [5, 5.41) is 12.9. The van der Waals surface area contributed by atoms with E-state index in [0.29, 0.717) is 24.4 Å². The van der Waals surface area contributed by atoms with Crippen LogP contribution in [0.5, 0.6) is 0 Å². The third-order valence-electron chi connectivity index (χ3n) is 7.99. The Hall–Kier alpha value is -4.58. The molecule has 0 fully saturated rings. The van der Waals surface area contributed by atoms with Crippen LogP contribution in [0.2, 0.25) is 0 Å². The summed E-state index contributed by atoms with van der Waals surface area (Å²) in [4.78, 5) is 69.0. The average molecular weight is 591 g/mol. The minimum absolute atomic E-state index is 0.0331. The molecule has 2 aromatic heterocycles. The quantitative estimate of drug-likeness (QED) is 0.232. The number of carboxylic acids is 1. The number of carbonyl (C=O) groups is 4. The van der Waals surface area contributed by atoms with Gasteiger partial charge in [0, 0.05) is 22.9 Å². The predicted molar refractivity (Wildman–Crippen MR) is 155 cm³/mol. The highest BCUT2D eigenvalue weighted by molar-refractivity contribution is 5.89. The smallest absolute Gasteiger partial charge is 0.355 e. The molecular weight excluding hydrogens is 556 g/mol. The maximum atomic E-state index is 13.7. The summed E-state index contributed by atoms with van der Waals surface area (Å²) >= 11 is 0. The molecule has 3 aromatic rings. The fraction of sp³-hybridized carbons (Fsp3) is 0.419. The second-order valence-corrected chi connectivity index (χ2v) is 11.4. The van der Waals surface area contributed by atoms with E-state index in [1.807, 2.05) is 44.2 Å². The lowest BCUT2D eigenvalue weighted by atomic mass is 9.85. The van der Waals surface area contributed by atoms with Crippen molar-refractivity contribution in [1.29, 1.82) is 0 Å². The largest absolute Gasteiger partial charge is 0.480 e. The van der Waals surface area contributed by atoms with Crippen LogP contribution in [0.15, 0.2) is 41.2 Å². The molecule has 0 saturated heterocycles. The van der Waals surface area contributed by atoms with Gasteiger partial charge in [0.05, 0.1) is 35.1 Å². The highest BCUT2D eigenvalue weighted by Gasteiger charge is 2.50. The highest BCUT2D eigenvalue weighted by atomic mass is 16.6. The lowest BCUT2D eigenvalue weighted by Crippen LogP contribution is -2.49. The van der Waals surface area contributed by atoms with Crippen LogP contribution in [0.1, 0.15) is 63.1 Å². The summed E-state index contributed by atoms with van der Waals surface area (Å²) in [5.74, 6) is -3.57. The Labute approximate surface area is 247 Å². The molecule has 12 nitrogen and oxygen atoms in total. The van der Waals surface area contributed by atoms with Crippen molar-refractivity contribution in [3.63, 3.8) is 0 Å². The molecule has 5 rings (SSSR count). The van der Waals surface area contributed by atoms with Crippen LogP contribution in [-0.2, 0) is 47.4 Å². The predicted octanol–water partition coefficient (Wildman–Crippen LogP) is 2.35. The van der Waals surface area contributed by atoms with Gasteiger partial charge in [-0.05, 0) is 43.4 Å². The van der Waals surface area contributed by atoms with Crippen molar-refractivity contribution in [3.05, 3.63) is 63.4 Å². The number of ether oxygens (including phenoxy) is 2. The van der Waals surface area contributed by atoms with Crippen LogP contribution >= 0.6 is 0 Å². The zero-order valence-corrected chi connectivity index (χ0v) is 24.2. The number of cyclic esters (lactones) is 1. The molecule has 4 N–H and O–H groups in total. The van der Waals surface area contributed by atoms with E-state index < -0.39 is 47.9 Å². The number of nitrogens with zero attached hydrogens (tertiary/aromatic N) is 2. The SMILES string of the molecule is CC[C@@]1(OC(=O)CC[C@@H](NC(=O)[C@@H](N)CC(C)C)C(=O)O)C(=O)OCc2c1cc1n(c2=O)Cc2cc3ccccc3nc2-1. The summed E-state index contributed by atoms with van der Waals surface area (Å²) in [6.45, 7) is 5.42. The summed E-state index contributed by atoms with van der Waals surface area (Å²) in [7, 11) is 0. The lowest BCUT2D eigenvalue weighted by molar-refractivity contribution is -0.189. The second-order valence-electron chi connectivity index (χ2n) is 11.4. The van der Waals surface area contributed by atoms with Gasteiger partial charge in [-0.2, -0.15) is 0 Å². The van der Waals surface area contributed by atoms with Gasteiger partial charge in [-0.1, -0.05) is 39.0 Å². The molecule has 43 heavy (non-hydrogen) atoms. The summed E-state index contributed by atoms with van der Waals surface area (Å²) < 4.78 is 12.7. The first-order valence-corrected chi connectivity index (χ1v) is 14.3. The molecule has 2 aliphatic heterocycles. The number of carbonyl (C=O) groups excluding carboxylic acids is 3. The normalized spacial score (nSPS) is 18.3. The van der Waals surface area contributed by atoms with E-state index >= 15 is 0 Å². The maximum absolute atomic E-state index is 13.7. The molecule has 0 bridgehead atoms. The third kappa shape index (κ3) is 5.50. The number of amides is 1. The Kier molecular flexibility index (Phi) is 8.06. The van der Waals surface area contributed by atoms with E-state index in [4.69, 9.17) is 20.2 Å². The topological polar surface area (TPSA) is 180 Å². The van der Waals surface area contributed by atoms with Gasteiger partial charge < -0.3 is 30.2 Å². The number of hydrogen-bond acceptors (Lipinski definition) is 9. The van der Waals surface area contributed by atoms with Gasteiger partial charge in [0.1, 0.15) is 12.6 Å². The molecule has 12 heteroatoms. The minimum atomic E-state index is -1.92. The number of aromatic nitrogens is 2. The molecule has 226 valence electrons. The van der Waals surface area contributed by atoms with Crippen molar-refractivity contribution < 1.29 is 33.8 Å². The second kappa shape index (κ2) is 11.6.